The van der Waals surface area contributed by atoms with Crippen molar-refractivity contribution in [2.75, 3.05) is 14.1 Å². The minimum absolute atomic E-state index is 0.0837. The van der Waals surface area contributed by atoms with Gasteiger partial charge in [0.15, 0.2) is 0 Å². The highest BCUT2D eigenvalue weighted by Crippen LogP contribution is 2.28. The number of furan rings is 1. The second kappa shape index (κ2) is 7.26. The molecule has 0 atom stereocenters. The Labute approximate surface area is 156 Å². The number of hydrogen-bond donors (Lipinski definition) is 0. The van der Waals surface area contributed by atoms with E-state index >= 15 is 0 Å². The molecule has 9 heteroatoms. The van der Waals surface area contributed by atoms with E-state index in [4.69, 9.17) is 8.83 Å². The van der Waals surface area contributed by atoms with E-state index in [2.05, 4.69) is 16.3 Å². The zero-order chi connectivity index (χ0) is 18.9. The molecule has 0 amide bonds. The van der Waals surface area contributed by atoms with Gasteiger partial charge < -0.3 is 8.83 Å². The summed E-state index contributed by atoms with van der Waals surface area (Å²) < 4.78 is 36.2. The average Bonchev–Trinajstić information content (AvgIpc) is 3.21. The summed E-state index contributed by atoms with van der Waals surface area (Å²) >= 11 is 1.29. The van der Waals surface area contributed by atoms with Crippen LogP contribution in [0.25, 0.3) is 11.5 Å². The third-order valence-electron chi connectivity index (χ3n) is 3.58. The van der Waals surface area contributed by atoms with Crippen molar-refractivity contribution in [2.24, 2.45) is 0 Å². The van der Waals surface area contributed by atoms with E-state index in [-0.39, 0.29) is 5.09 Å². The van der Waals surface area contributed by atoms with Gasteiger partial charge in [-0.05, 0) is 38.1 Å². The van der Waals surface area contributed by atoms with Crippen molar-refractivity contribution in [2.45, 2.75) is 29.9 Å². The van der Waals surface area contributed by atoms with Gasteiger partial charge in [0.1, 0.15) is 5.76 Å². The van der Waals surface area contributed by atoms with Gasteiger partial charge in [-0.15, -0.1) is 10.2 Å². The Hall–Kier alpha value is -2.10. The summed E-state index contributed by atoms with van der Waals surface area (Å²) in [6, 6.07) is 9.12. The van der Waals surface area contributed by atoms with E-state index in [1.807, 2.05) is 26.0 Å². The van der Waals surface area contributed by atoms with Gasteiger partial charge >= 0.3 is 0 Å². The fourth-order valence-corrected chi connectivity index (χ4v) is 3.84. The first kappa shape index (κ1) is 18.7. The molecule has 7 nitrogen and oxygen atoms in total. The van der Waals surface area contributed by atoms with Crippen LogP contribution in [0.4, 0.5) is 0 Å². The van der Waals surface area contributed by atoms with Crippen LogP contribution in [0, 0.1) is 13.8 Å². The van der Waals surface area contributed by atoms with Crippen LogP contribution < -0.4 is 0 Å². The van der Waals surface area contributed by atoms with Gasteiger partial charge in [-0.25, -0.2) is 12.7 Å². The molecule has 0 bridgehead atoms. The maximum Gasteiger partial charge on any atom is 0.277 e. The van der Waals surface area contributed by atoms with Crippen LogP contribution >= 0.6 is 11.8 Å². The summed E-state index contributed by atoms with van der Waals surface area (Å²) in [6.07, 6.45) is 0. The first-order chi connectivity index (χ1) is 12.3. The average molecular weight is 393 g/mol. The largest absolute Gasteiger partial charge is 0.447 e. The number of benzene rings is 1. The molecular weight excluding hydrogens is 374 g/mol. The van der Waals surface area contributed by atoms with Crippen LogP contribution in [0.3, 0.4) is 0 Å². The molecule has 0 aliphatic heterocycles. The molecule has 0 fully saturated rings. The second-order valence-corrected chi connectivity index (χ2v) is 9.06. The smallest absolute Gasteiger partial charge is 0.277 e. The van der Waals surface area contributed by atoms with Gasteiger partial charge in [0, 0.05) is 19.7 Å². The Morgan fingerprint density at radius 1 is 1.04 bits per heavy atom. The topological polar surface area (TPSA) is 89.4 Å². The molecule has 0 saturated heterocycles. The minimum Gasteiger partial charge on any atom is -0.447 e. The summed E-state index contributed by atoms with van der Waals surface area (Å²) in [5.74, 6) is 1.36. The predicted octanol–water partition coefficient (Wildman–Crippen LogP) is 3.49. The van der Waals surface area contributed by atoms with E-state index < -0.39 is 10.0 Å². The molecule has 0 aliphatic rings. The maximum atomic E-state index is 12.0. The SMILES string of the molecule is Cc1cc(C)cc(-c2nnc(SCc3ccc(S(=O)(=O)N(C)C)o3)o2)c1. The van der Waals surface area contributed by atoms with Gasteiger partial charge in [0.25, 0.3) is 15.2 Å². The van der Waals surface area contributed by atoms with Crippen molar-refractivity contribution in [1.82, 2.24) is 14.5 Å². The molecule has 2 aromatic heterocycles. The molecule has 1 aromatic carbocycles. The Balaban J connectivity index is 1.70. The van der Waals surface area contributed by atoms with E-state index in [0.717, 1.165) is 21.0 Å². The maximum absolute atomic E-state index is 12.0. The first-order valence-corrected chi connectivity index (χ1v) is 10.2. The molecule has 2 heterocycles. The minimum atomic E-state index is -3.57. The molecule has 138 valence electrons. The van der Waals surface area contributed by atoms with E-state index in [0.29, 0.717) is 22.6 Å². The molecule has 0 aliphatic carbocycles. The predicted molar refractivity (Wildman–Crippen MR) is 98.3 cm³/mol. The zero-order valence-electron chi connectivity index (χ0n) is 14.9. The highest BCUT2D eigenvalue weighted by molar-refractivity contribution is 7.98. The summed E-state index contributed by atoms with van der Waals surface area (Å²) in [5, 5.41) is 8.42. The molecule has 0 unspecified atom stereocenters. The van der Waals surface area contributed by atoms with E-state index in [9.17, 15) is 8.42 Å². The highest BCUT2D eigenvalue weighted by atomic mass is 32.2. The first-order valence-electron chi connectivity index (χ1n) is 7.82. The fourth-order valence-electron chi connectivity index (χ4n) is 2.37. The van der Waals surface area contributed by atoms with Crippen molar-refractivity contribution in [3.8, 4) is 11.5 Å². The number of nitrogens with zero attached hydrogens (tertiary/aromatic N) is 3. The quantitative estimate of drug-likeness (QED) is 0.592. The number of hydrogen-bond acceptors (Lipinski definition) is 7. The molecule has 0 saturated carbocycles. The Morgan fingerprint density at radius 2 is 1.73 bits per heavy atom. The lowest BCUT2D eigenvalue weighted by atomic mass is 10.1. The summed E-state index contributed by atoms with van der Waals surface area (Å²) in [4.78, 5) is 0. The number of aryl methyl sites for hydroxylation is 2. The van der Waals surface area contributed by atoms with E-state index in [1.165, 1.54) is 31.9 Å². The standard InChI is InChI=1S/C17H19N3O4S2/c1-11-7-12(2)9-13(8-11)16-18-19-17(24-16)25-10-14-5-6-15(23-14)26(21,22)20(3)4/h5-9H,10H2,1-4H3. The van der Waals surface area contributed by atoms with Crippen LogP contribution in [0.15, 0.2) is 49.5 Å². The number of aromatic nitrogens is 2. The fraction of sp³-hybridized carbons (Fsp3) is 0.294. The normalized spacial score (nSPS) is 12.0. The molecular formula is C17H19N3O4S2. The Kier molecular flexibility index (Phi) is 5.22. The van der Waals surface area contributed by atoms with Crippen LogP contribution in [-0.4, -0.2) is 37.0 Å². The Bertz CT molecular complexity index is 1000. The van der Waals surface area contributed by atoms with E-state index in [1.54, 1.807) is 6.07 Å². The van der Waals surface area contributed by atoms with Gasteiger partial charge in [0.2, 0.25) is 11.0 Å². The van der Waals surface area contributed by atoms with Gasteiger partial charge in [-0.1, -0.05) is 29.0 Å². The summed E-state index contributed by atoms with van der Waals surface area (Å²) in [7, 11) is -0.658. The van der Waals surface area contributed by atoms with Gasteiger partial charge in [-0.3, -0.25) is 0 Å². The molecule has 0 radical (unpaired) electrons. The molecule has 26 heavy (non-hydrogen) atoms. The number of thioether (sulfide) groups is 1. The molecule has 0 N–H and O–H groups in total. The monoisotopic (exact) mass is 393 g/mol. The zero-order valence-corrected chi connectivity index (χ0v) is 16.5. The lowest BCUT2D eigenvalue weighted by Gasteiger charge is -2.07. The third kappa shape index (κ3) is 4.00. The number of sulfonamides is 1. The molecule has 0 spiro atoms. The van der Waals surface area contributed by atoms with Crippen LogP contribution in [-0.2, 0) is 15.8 Å². The Morgan fingerprint density at radius 3 is 2.38 bits per heavy atom. The van der Waals surface area contributed by atoms with Crippen LogP contribution in [0.5, 0.6) is 0 Å². The van der Waals surface area contributed by atoms with Crippen molar-refractivity contribution in [3.63, 3.8) is 0 Å². The van der Waals surface area contributed by atoms with Crippen molar-refractivity contribution in [1.29, 1.82) is 0 Å². The lowest BCUT2D eigenvalue weighted by molar-refractivity contribution is 0.407. The van der Waals surface area contributed by atoms with Crippen molar-refractivity contribution < 1.29 is 17.3 Å². The van der Waals surface area contributed by atoms with Gasteiger partial charge in [-0.2, -0.15) is 0 Å². The third-order valence-corrected chi connectivity index (χ3v) is 6.12. The molecule has 3 rings (SSSR count). The van der Waals surface area contributed by atoms with Crippen molar-refractivity contribution >= 4 is 21.8 Å². The molecule has 3 aromatic rings. The summed E-state index contributed by atoms with van der Waals surface area (Å²) in [5.41, 5.74) is 3.12. The summed E-state index contributed by atoms with van der Waals surface area (Å²) in [6.45, 7) is 4.03. The van der Waals surface area contributed by atoms with Crippen molar-refractivity contribution in [3.05, 3.63) is 47.2 Å². The van der Waals surface area contributed by atoms with Crippen LogP contribution in [0.2, 0.25) is 0 Å². The highest BCUT2D eigenvalue weighted by Gasteiger charge is 2.21. The van der Waals surface area contributed by atoms with Gasteiger partial charge in [0.05, 0.1) is 5.75 Å². The lowest BCUT2D eigenvalue weighted by Crippen LogP contribution is -2.21. The van der Waals surface area contributed by atoms with Crippen LogP contribution in [0.1, 0.15) is 16.9 Å². The number of rotatable bonds is 6. The second-order valence-electron chi connectivity index (χ2n) is 6.05.